The Kier molecular flexibility index (Phi) is 3.59. The minimum Gasteiger partial charge on any atom is -0.467 e. The number of hydrogen-bond acceptors (Lipinski definition) is 4. The highest BCUT2D eigenvalue weighted by atomic mass is 32.1. The molecule has 0 spiro atoms. The molecule has 2 rings (SSSR count). The fourth-order valence-electron chi connectivity index (χ4n) is 1.64. The summed E-state index contributed by atoms with van der Waals surface area (Å²) >= 11 is 1.67. The summed E-state index contributed by atoms with van der Waals surface area (Å²) in [6, 6.07) is 0. The Morgan fingerprint density at radius 3 is 2.87 bits per heavy atom. The van der Waals surface area contributed by atoms with Gasteiger partial charge in [-0.1, -0.05) is 18.3 Å². The number of rotatable bonds is 5. The van der Waals surface area contributed by atoms with Crippen LogP contribution in [-0.4, -0.2) is 17.6 Å². The van der Waals surface area contributed by atoms with Crippen LogP contribution in [0, 0.1) is 0 Å². The topological polar surface area (TPSA) is 48.1 Å². The van der Waals surface area contributed by atoms with Crippen molar-refractivity contribution < 1.29 is 4.74 Å². The van der Waals surface area contributed by atoms with Gasteiger partial charge in [0.15, 0.2) is 0 Å². The van der Waals surface area contributed by atoms with Crippen LogP contribution in [0.3, 0.4) is 0 Å². The maximum absolute atomic E-state index is 5.79. The number of ether oxygens (including phenoxy) is 1. The second-order valence-corrected chi connectivity index (χ2v) is 4.96. The molecule has 1 saturated carbocycles. The predicted molar refractivity (Wildman–Crippen MR) is 62.5 cm³/mol. The van der Waals surface area contributed by atoms with Gasteiger partial charge < -0.3 is 10.5 Å². The van der Waals surface area contributed by atoms with E-state index in [-0.39, 0.29) is 0 Å². The molecule has 0 aromatic carbocycles. The van der Waals surface area contributed by atoms with Crippen molar-refractivity contribution in [1.29, 1.82) is 0 Å². The maximum Gasteiger partial charge on any atom is 0.273 e. The van der Waals surface area contributed by atoms with E-state index in [1.165, 1.54) is 29.8 Å². The van der Waals surface area contributed by atoms with Gasteiger partial charge in [0.1, 0.15) is 6.10 Å². The van der Waals surface area contributed by atoms with Crippen LogP contribution >= 0.6 is 11.3 Å². The summed E-state index contributed by atoms with van der Waals surface area (Å²) in [4.78, 5) is 5.81. The van der Waals surface area contributed by atoms with Gasteiger partial charge >= 0.3 is 0 Å². The molecule has 0 amide bonds. The number of aryl methyl sites for hydroxylation is 1. The van der Waals surface area contributed by atoms with Crippen LogP contribution in [0.5, 0.6) is 5.19 Å². The molecule has 3 nitrogen and oxygen atoms in total. The van der Waals surface area contributed by atoms with Gasteiger partial charge in [-0.15, -0.1) is 0 Å². The maximum atomic E-state index is 5.79. The van der Waals surface area contributed by atoms with E-state index in [2.05, 4.69) is 11.9 Å². The molecule has 1 heterocycles. The molecule has 1 fully saturated rings. The normalized spacial score (nSPS) is 16.4. The summed E-state index contributed by atoms with van der Waals surface area (Å²) in [6.45, 7) is 2.82. The number of hydrogen-bond donors (Lipinski definition) is 1. The van der Waals surface area contributed by atoms with Gasteiger partial charge in [-0.3, -0.25) is 0 Å². The van der Waals surface area contributed by atoms with Gasteiger partial charge in [-0.05, 0) is 38.6 Å². The van der Waals surface area contributed by atoms with Crippen molar-refractivity contribution in [1.82, 2.24) is 4.98 Å². The molecule has 0 atom stereocenters. The minimum atomic E-state index is 0.423. The largest absolute Gasteiger partial charge is 0.467 e. The first-order valence-corrected chi connectivity index (χ1v) is 6.50. The SMILES string of the molecule is CCc1nc(OC2CCC2)sc1CCN. The van der Waals surface area contributed by atoms with Crippen molar-refractivity contribution in [3.8, 4) is 5.19 Å². The van der Waals surface area contributed by atoms with E-state index in [9.17, 15) is 0 Å². The summed E-state index contributed by atoms with van der Waals surface area (Å²) in [7, 11) is 0. The average Bonchev–Trinajstić information content (AvgIpc) is 2.55. The van der Waals surface area contributed by atoms with E-state index in [0.717, 1.165) is 18.0 Å². The van der Waals surface area contributed by atoms with Crippen molar-refractivity contribution in [2.75, 3.05) is 6.54 Å². The Morgan fingerprint density at radius 2 is 2.33 bits per heavy atom. The molecular formula is C11H18N2OS. The quantitative estimate of drug-likeness (QED) is 0.836. The van der Waals surface area contributed by atoms with Crippen molar-refractivity contribution in [2.24, 2.45) is 5.73 Å². The minimum absolute atomic E-state index is 0.423. The van der Waals surface area contributed by atoms with Crippen molar-refractivity contribution in [3.05, 3.63) is 10.6 Å². The van der Waals surface area contributed by atoms with E-state index >= 15 is 0 Å². The second kappa shape index (κ2) is 4.94. The summed E-state index contributed by atoms with van der Waals surface area (Å²) in [5.74, 6) is 0. The number of nitrogens with two attached hydrogens (primary N) is 1. The zero-order valence-electron chi connectivity index (χ0n) is 9.16. The van der Waals surface area contributed by atoms with Crippen LogP contribution in [0.1, 0.15) is 36.8 Å². The Bertz CT molecular complexity index is 320. The van der Waals surface area contributed by atoms with Crippen LogP contribution in [0.25, 0.3) is 0 Å². The standard InChI is InChI=1S/C11H18N2OS/c1-2-9-10(6-7-12)15-11(13-9)14-8-4-3-5-8/h8H,2-7,12H2,1H3. The van der Waals surface area contributed by atoms with Gasteiger partial charge in [0.05, 0.1) is 5.69 Å². The first kappa shape index (κ1) is 10.9. The highest BCUT2D eigenvalue weighted by Gasteiger charge is 2.21. The van der Waals surface area contributed by atoms with Crippen LogP contribution < -0.4 is 10.5 Å². The number of nitrogens with zero attached hydrogens (tertiary/aromatic N) is 1. The summed E-state index contributed by atoms with van der Waals surface area (Å²) < 4.78 is 5.79. The predicted octanol–water partition coefficient (Wildman–Crippen LogP) is 2.14. The van der Waals surface area contributed by atoms with E-state index < -0.39 is 0 Å². The monoisotopic (exact) mass is 226 g/mol. The molecule has 84 valence electrons. The van der Waals surface area contributed by atoms with Crippen LogP contribution in [0.15, 0.2) is 0 Å². The highest BCUT2D eigenvalue weighted by molar-refractivity contribution is 7.13. The van der Waals surface area contributed by atoms with E-state index in [0.29, 0.717) is 12.6 Å². The molecule has 0 saturated heterocycles. The van der Waals surface area contributed by atoms with E-state index in [1.54, 1.807) is 11.3 Å². The molecule has 2 N–H and O–H groups in total. The van der Waals surface area contributed by atoms with Gasteiger partial charge in [-0.25, -0.2) is 4.98 Å². The number of thiazole rings is 1. The molecule has 0 aliphatic heterocycles. The Hall–Kier alpha value is -0.610. The molecule has 1 aliphatic rings. The van der Waals surface area contributed by atoms with Crippen LogP contribution in [-0.2, 0) is 12.8 Å². The lowest BCUT2D eigenvalue weighted by Gasteiger charge is -2.24. The van der Waals surface area contributed by atoms with E-state index in [1.807, 2.05) is 0 Å². The third-order valence-corrected chi connectivity index (χ3v) is 3.83. The van der Waals surface area contributed by atoms with Gasteiger partial charge in [-0.2, -0.15) is 0 Å². The highest BCUT2D eigenvalue weighted by Crippen LogP contribution is 2.30. The van der Waals surface area contributed by atoms with E-state index in [4.69, 9.17) is 10.5 Å². The zero-order valence-corrected chi connectivity index (χ0v) is 9.98. The second-order valence-electron chi connectivity index (χ2n) is 3.91. The smallest absolute Gasteiger partial charge is 0.273 e. The molecule has 0 radical (unpaired) electrons. The lowest BCUT2D eigenvalue weighted by atomic mass is 9.96. The first-order chi connectivity index (χ1) is 7.33. The van der Waals surface area contributed by atoms with Gasteiger partial charge in [0.2, 0.25) is 0 Å². The molecule has 15 heavy (non-hydrogen) atoms. The fourth-order valence-corrected chi connectivity index (χ4v) is 2.72. The Labute approximate surface area is 94.7 Å². The molecule has 1 aromatic rings. The zero-order chi connectivity index (χ0) is 10.7. The van der Waals surface area contributed by atoms with Crippen molar-refractivity contribution in [2.45, 2.75) is 45.1 Å². The third-order valence-electron chi connectivity index (χ3n) is 2.78. The van der Waals surface area contributed by atoms with Crippen LogP contribution in [0.4, 0.5) is 0 Å². The molecule has 1 aliphatic carbocycles. The Morgan fingerprint density at radius 1 is 1.53 bits per heavy atom. The first-order valence-electron chi connectivity index (χ1n) is 5.68. The number of aromatic nitrogens is 1. The average molecular weight is 226 g/mol. The summed E-state index contributed by atoms with van der Waals surface area (Å²) in [5, 5.41) is 0.847. The Balaban J connectivity index is 2.03. The summed E-state index contributed by atoms with van der Waals surface area (Å²) in [5.41, 5.74) is 6.74. The summed E-state index contributed by atoms with van der Waals surface area (Å²) in [6.07, 6.45) is 5.99. The van der Waals surface area contributed by atoms with Gasteiger partial charge in [0.25, 0.3) is 5.19 Å². The molecule has 0 bridgehead atoms. The lowest BCUT2D eigenvalue weighted by Crippen LogP contribution is -2.24. The molecule has 4 heteroatoms. The molecular weight excluding hydrogens is 208 g/mol. The van der Waals surface area contributed by atoms with Crippen molar-refractivity contribution >= 4 is 11.3 Å². The lowest BCUT2D eigenvalue weighted by molar-refractivity contribution is 0.119. The third kappa shape index (κ3) is 2.49. The fraction of sp³-hybridized carbons (Fsp3) is 0.727. The molecule has 0 unspecified atom stereocenters. The van der Waals surface area contributed by atoms with Crippen molar-refractivity contribution in [3.63, 3.8) is 0 Å². The van der Waals surface area contributed by atoms with Gasteiger partial charge in [0, 0.05) is 4.88 Å². The van der Waals surface area contributed by atoms with Crippen LogP contribution in [0.2, 0.25) is 0 Å². The molecule has 1 aromatic heterocycles.